The fourth-order valence-electron chi connectivity index (χ4n) is 7.09. The Kier molecular flexibility index (Phi) is 28.6. The molecular formula is C41H68O8S8. The number of carbonyl (C=O) groups is 4. The van der Waals surface area contributed by atoms with Crippen LogP contribution in [0.3, 0.4) is 0 Å². The summed E-state index contributed by atoms with van der Waals surface area (Å²) in [7, 11) is 15.7. The summed E-state index contributed by atoms with van der Waals surface area (Å²) in [6.07, 6.45) is 20.9. The predicted molar refractivity (Wildman–Crippen MR) is 252 cm³/mol. The average Bonchev–Trinajstić information content (AvgIpc) is 4.07. The van der Waals surface area contributed by atoms with Crippen LogP contribution < -0.4 is 0 Å². The van der Waals surface area contributed by atoms with Crippen LogP contribution in [0.2, 0.25) is 0 Å². The van der Waals surface area contributed by atoms with E-state index in [1.54, 1.807) is 0 Å². The molecule has 0 bridgehead atoms. The molecule has 57 heavy (non-hydrogen) atoms. The van der Waals surface area contributed by atoms with Crippen molar-refractivity contribution < 1.29 is 38.1 Å². The van der Waals surface area contributed by atoms with Gasteiger partial charge in [-0.2, -0.15) is 0 Å². The van der Waals surface area contributed by atoms with E-state index in [1.807, 2.05) is 86.4 Å². The quantitative estimate of drug-likeness (QED) is 0.0276. The number of ether oxygens (including phenoxy) is 4. The highest BCUT2D eigenvalue weighted by Crippen LogP contribution is 2.42. The summed E-state index contributed by atoms with van der Waals surface area (Å²) in [5.74, 6) is 3.95. The smallest absolute Gasteiger partial charge is 0.306 e. The van der Waals surface area contributed by atoms with Crippen LogP contribution in [0.1, 0.15) is 154 Å². The molecule has 328 valence electrons. The second kappa shape index (κ2) is 32.4. The van der Waals surface area contributed by atoms with Crippen LogP contribution in [0.5, 0.6) is 0 Å². The Morgan fingerprint density at radius 1 is 0.421 bits per heavy atom. The number of rotatable bonds is 32. The normalized spacial score (nSPS) is 23.0. The molecule has 4 rings (SSSR count). The Balaban J connectivity index is 1.18. The molecular weight excluding hydrogens is 877 g/mol. The van der Waals surface area contributed by atoms with Crippen molar-refractivity contribution in [3.63, 3.8) is 0 Å². The van der Waals surface area contributed by atoms with Crippen LogP contribution in [0, 0.1) is 5.92 Å². The molecule has 5 atom stereocenters. The van der Waals surface area contributed by atoms with Crippen LogP contribution in [0.15, 0.2) is 0 Å². The maximum atomic E-state index is 12.9. The summed E-state index contributed by atoms with van der Waals surface area (Å²) < 4.78 is 23.0. The van der Waals surface area contributed by atoms with E-state index >= 15 is 0 Å². The highest BCUT2D eigenvalue weighted by molar-refractivity contribution is 8.78. The third-order valence-electron chi connectivity index (χ3n) is 10.6. The standard InChI is InChI=1S/C41H68O8S8/c42-38(17-7-3-13-34-21-25-50-54-34)46-29-32(30-47-39(43)18-8-4-14-35-22-26-51-55-35)11-1-2-12-33(49-41(45)20-10-6-16-37-24-28-53-57-37)31-48-40(44)19-9-5-15-36-23-27-52-56-36/h32-37H,1-31H2. The average molecular weight is 946 g/mol. The molecule has 4 aliphatic rings. The molecule has 0 radical (unpaired) electrons. The molecule has 0 aromatic heterocycles. The van der Waals surface area contributed by atoms with Gasteiger partial charge >= 0.3 is 23.9 Å². The first-order valence-corrected chi connectivity index (χ1v) is 31.2. The largest absolute Gasteiger partial charge is 0.465 e. The molecule has 0 aromatic rings. The van der Waals surface area contributed by atoms with Crippen molar-refractivity contribution in [2.45, 2.75) is 181 Å². The van der Waals surface area contributed by atoms with E-state index in [2.05, 4.69) is 0 Å². The Morgan fingerprint density at radius 3 is 1.14 bits per heavy atom. The first-order valence-electron chi connectivity index (χ1n) is 21.7. The van der Waals surface area contributed by atoms with E-state index < -0.39 is 6.10 Å². The molecule has 4 aliphatic heterocycles. The minimum Gasteiger partial charge on any atom is -0.465 e. The van der Waals surface area contributed by atoms with E-state index in [0.717, 1.165) is 89.9 Å². The molecule has 0 spiro atoms. The fourth-order valence-corrected chi connectivity index (χ4v) is 19.2. The topological polar surface area (TPSA) is 105 Å². The van der Waals surface area contributed by atoms with Gasteiger partial charge in [0.1, 0.15) is 12.7 Å². The zero-order chi connectivity index (χ0) is 40.2. The summed E-state index contributed by atoms with van der Waals surface area (Å²) in [6, 6.07) is 0. The van der Waals surface area contributed by atoms with Crippen LogP contribution in [-0.2, 0) is 38.1 Å². The van der Waals surface area contributed by atoms with E-state index in [0.29, 0.717) is 59.5 Å². The molecule has 0 saturated carbocycles. The van der Waals surface area contributed by atoms with Crippen LogP contribution in [0.4, 0.5) is 0 Å². The zero-order valence-corrected chi connectivity index (χ0v) is 40.4. The molecule has 0 aliphatic carbocycles. The highest BCUT2D eigenvalue weighted by atomic mass is 33.1. The molecule has 5 unspecified atom stereocenters. The zero-order valence-electron chi connectivity index (χ0n) is 33.9. The van der Waals surface area contributed by atoms with Gasteiger partial charge in [-0.15, -0.1) is 0 Å². The van der Waals surface area contributed by atoms with E-state index in [4.69, 9.17) is 18.9 Å². The molecule has 0 aromatic carbocycles. The predicted octanol–water partition coefficient (Wildman–Crippen LogP) is 12.6. The second-order valence-corrected chi connectivity index (χ2v) is 26.8. The number of carbonyl (C=O) groups excluding carboxylic acids is 4. The van der Waals surface area contributed by atoms with Gasteiger partial charge in [0.15, 0.2) is 0 Å². The minimum atomic E-state index is -0.494. The van der Waals surface area contributed by atoms with Gasteiger partial charge in [-0.05, 0) is 96.3 Å². The summed E-state index contributed by atoms with van der Waals surface area (Å²) >= 11 is 0. The Hall–Kier alpha value is 0.680. The van der Waals surface area contributed by atoms with E-state index in [1.165, 1.54) is 48.7 Å². The third kappa shape index (κ3) is 24.8. The number of unbranched alkanes of at least 4 members (excludes halogenated alkanes) is 5. The van der Waals surface area contributed by atoms with Gasteiger partial charge in [0.05, 0.1) is 13.2 Å². The Labute approximate surface area is 375 Å². The van der Waals surface area contributed by atoms with Gasteiger partial charge in [-0.25, -0.2) is 0 Å². The summed E-state index contributed by atoms with van der Waals surface area (Å²) in [5, 5.41) is 2.81. The van der Waals surface area contributed by atoms with Crippen LogP contribution in [-0.4, -0.2) is 93.8 Å². The first-order chi connectivity index (χ1) is 27.9. The van der Waals surface area contributed by atoms with Gasteiger partial charge in [0.25, 0.3) is 0 Å². The molecule has 0 amide bonds. The van der Waals surface area contributed by atoms with Crippen molar-refractivity contribution in [3.05, 3.63) is 0 Å². The lowest BCUT2D eigenvalue weighted by Gasteiger charge is -2.20. The van der Waals surface area contributed by atoms with Crippen molar-refractivity contribution in [1.29, 1.82) is 0 Å². The molecule has 4 fully saturated rings. The summed E-state index contributed by atoms with van der Waals surface area (Å²) in [4.78, 5) is 50.9. The molecule has 4 heterocycles. The van der Waals surface area contributed by atoms with Gasteiger partial charge in [0, 0.05) is 75.6 Å². The maximum absolute atomic E-state index is 12.9. The number of hydrogen-bond acceptors (Lipinski definition) is 16. The van der Waals surface area contributed by atoms with Gasteiger partial charge in [0.2, 0.25) is 0 Å². The number of esters is 4. The lowest BCUT2D eigenvalue weighted by atomic mass is 10.0. The molecule has 16 heteroatoms. The maximum Gasteiger partial charge on any atom is 0.306 e. The molecule has 8 nitrogen and oxygen atoms in total. The number of hydrogen-bond donors (Lipinski definition) is 0. The van der Waals surface area contributed by atoms with Crippen molar-refractivity contribution in [3.8, 4) is 0 Å². The van der Waals surface area contributed by atoms with Gasteiger partial charge in [-0.3, -0.25) is 19.2 Å². The van der Waals surface area contributed by atoms with Crippen molar-refractivity contribution in [1.82, 2.24) is 0 Å². The van der Waals surface area contributed by atoms with Gasteiger partial charge in [-0.1, -0.05) is 118 Å². The lowest BCUT2D eigenvalue weighted by Crippen LogP contribution is -2.25. The lowest BCUT2D eigenvalue weighted by molar-refractivity contribution is -0.159. The van der Waals surface area contributed by atoms with Crippen molar-refractivity contribution in [2.24, 2.45) is 5.92 Å². The molecule has 0 N–H and O–H groups in total. The monoisotopic (exact) mass is 944 g/mol. The summed E-state index contributed by atoms with van der Waals surface area (Å²) in [5.41, 5.74) is 0. The van der Waals surface area contributed by atoms with E-state index in [-0.39, 0.29) is 49.6 Å². The van der Waals surface area contributed by atoms with Crippen LogP contribution in [0.25, 0.3) is 0 Å². The third-order valence-corrected chi connectivity index (χ3v) is 22.6. The Morgan fingerprint density at radius 2 is 0.772 bits per heavy atom. The molecule has 4 saturated heterocycles. The van der Waals surface area contributed by atoms with Gasteiger partial charge < -0.3 is 18.9 Å². The SMILES string of the molecule is O=C(CCCCC1CCSS1)OCC(CCCCC(COC(=O)CCCCC1CCSS1)OC(=O)CCCCC1CCSS1)COC(=O)CCCCC1CCSS1. The fraction of sp³-hybridized carbons (Fsp3) is 0.902. The second-order valence-electron chi connectivity index (χ2n) is 15.6. The minimum absolute atomic E-state index is 0.0742. The Bertz CT molecular complexity index is 1070. The van der Waals surface area contributed by atoms with Crippen molar-refractivity contribution in [2.75, 3.05) is 42.8 Å². The van der Waals surface area contributed by atoms with Crippen LogP contribution >= 0.6 is 86.4 Å². The summed E-state index contributed by atoms with van der Waals surface area (Å²) in [6.45, 7) is 0.527. The van der Waals surface area contributed by atoms with E-state index in [9.17, 15) is 19.2 Å². The first kappa shape index (κ1) is 50.3. The van der Waals surface area contributed by atoms with Crippen molar-refractivity contribution >= 4 is 110 Å². The highest BCUT2D eigenvalue weighted by Gasteiger charge is 2.22.